The SMILES string of the molecule is COCc1c(C)nc(-c2ccc(N3CCN(C)CC3)cc2)nc1NCCC=O. The van der Waals surface area contributed by atoms with Gasteiger partial charge in [0.05, 0.1) is 6.61 Å². The molecule has 0 bridgehead atoms. The van der Waals surface area contributed by atoms with E-state index in [4.69, 9.17) is 9.72 Å². The minimum Gasteiger partial charge on any atom is -0.380 e. The predicted octanol–water partition coefficient (Wildman–Crippen LogP) is 2.35. The molecule has 28 heavy (non-hydrogen) atoms. The van der Waals surface area contributed by atoms with Crippen molar-refractivity contribution in [2.45, 2.75) is 20.0 Å². The van der Waals surface area contributed by atoms with E-state index in [1.807, 2.05) is 6.92 Å². The van der Waals surface area contributed by atoms with Crippen molar-refractivity contribution in [3.8, 4) is 11.4 Å². The average molecular weight is 383 g/mol. The molecule has 1 N–H and O–H groups in total. The molecule has 0 unspecified atom stereocenters. The minimum absolute atomic E-state index is 0.428. The van der Waals surface area contributed by atoms with Crippen LogP contribution in [0.1, 0.15) is 17.7 Å². The van der Waals surface area contributed by atoms with E-state index in [1.54, 1.807) is 7.11 Å². The van der Waals surface area contributed by atoms with Gasteiger partial charge in [0.25, 0.3) is 0 Å². The summed E-state index contributed by atoms with van der Waals surface area (Å²) in [5.74, 6) is 1.41. The molecule has 2 aromatic rings. The number of rotatable bonds is 8. The fraction of sp³-hybridized carbons (Fsp3) is 0.476. The summed E-state index contributed by atoms with van der Waals surface area (Å²) in [6, 6.07) is 8.44. The van der Waals surface area contributed by atoms with Crippen LogP contribution in [0, 0.1) is 6.92 Å². The van der Waals surface area contributed by atoms with Gasteiger partial charge in [-0.05, 0) is 38.2 Å². The maximum absolute atomic E-state index is 10.6. The van der Waals surface area contributed by atoms with Gasteiger partial charge in [0.1, 0.15) is 12.1 Å². The number of hydrogen-bond donors (Lipinski definition) is 1. The van der Waals surface area contributed by atoms with Gasteiger partial charge in [0.2, 0.25) is 0 Å². The number of anilines is 2. The van der Waals surface area contributed by atoms with E-state index in [0.717, 1.165) is 55.1 Å². The fourth-order valence-electron chi connectivity index (χ4n) is 3.32. The third-order valence-corrected chi connectivity index (χ3v) is 5.05. The van der Waals surface area contributed by atoms with E-state index in [2.05, 4.69) is 51.4 Å². The number of aryl methyl sites for hydroxylation is 1. The largest absolute Gasteiger partial charge is 0.380 e. The molecule has 7 heteroatoms. The molecule has 1 aliphatic rings. The lowest BCUT2D eigenvalue weighted by Gasteiger charge is -2.34. The number of nitrogens with zero attached hydrogens (tertiary/aromatic N) is 4. The average Bonchev–Trinajstić information content (AvgIpc) is 2.71. The molecule has 3 rings (SSSR count). The second-order valence-electron chi connectivity index (χ2n) is 7.11. The van der Waals surface area contributed by atoms with Crippen molar-refractivity contribution in [2.75, 3.05) is 57.1 Å². The molecule has 0 amide bonds. The Hall–Kier alpha value is -2.51. The molecule has 0 saturated carbocycles. The van der Waals surface area contributed by atoms with E-state index < -0.39 is 0 Å². The van der Waals surface area contributed by atoms with Crippen molar-refractivity contribution in [1.82, 2.24) is 14.9 Å². The van der Waals surface area contributed by atoms with Crippen LogP contribution in [-0.4, -0.2) is 68.0 Å². The number of likely N-dealkylation sites (N-methyl/N-ethyl adjacent to an activating group) is 1. The first-order valence-corrected chi connectivity index (χ1v) is 9.70. The van der Waals surface area contributed by atoms with Crippen molar-refractivity contribution < 1.29 is 9.53 Å². The summed E-state index contributed by atoms with van der Waals surface area (Å²) in [5, 5.41) is 3.24. The quantitative estimate of drug-likeness (QED) is 0.554. The number of hydrogen-bond acceptors (Lipinski definition) is 7. The zero-order valence-corrected chi connectivity index (χ0v) is 16.9. The molecule has 0 aliphatic carbocycles. The van der Waals surface area contributed by atoms with E-state index in [1.165, 1.54) is 5.69 Å². The number of carbonyl (C=O) groups is 1. The standard InChI is InChI=1S/C21H29N5O2/c1-16-19(15-28-3)21(22-9-4-14-27)24-20(23-16)17-5-7-18(8-6-17)26-12-10-25(2)11-13-26/h5-8,14H,4,9-13,15H2,1-3H3,(H,22,23,24). The van der Waals surface area contributed by atoms with Crippen LogP contribution < -0.4 is 10.2 Å². The van der Waals surface area contributed by atoms with Crippen molar-refractivity contribution in [3.05, 3.63) is 35.5 Å². The third-order valence-electron chi connectivity index (χ3n) is 5.05. The molecular weight excluding hydrogens is 354 g/mol. The Morgan fingerprint density at radius 1 is 1.14 bits per heavy atom. The van der Waals surface area contributed by atoms with Gasteiger partial charge in [0.15, 0.2) is 5.82 Å². The second-order valence-corrected chi connectivity index (χ2v) is 7.11. The molecule has 1 saturated heterocycles. The highest BCUT2D eigenvalue weighted by Crippen LogP contribution is 2.25. The van der Waals surface area contributed by atoms with Crippen LogP contribution in [0.15, 0.2) is 24.3 Å². The number of aromatic nitrogens is 2. The number of aldehydes is 1. The number of carbonyl (C=O) groups excluding carboxylic acids is 1. The first-order chi connectivity index (χ1) is 13.6. The molecule has 150 valence electrons. The van der Waals surface area contributed by atoms with Gasteiger partial charge < -0.3 is 24.6 Å². The van der Waals surface area contributed by atoms with Gasteiger partial charge in [0, 0.05) is 68.8 Å². The van der Waals surface area contributed by atoms with Crippen LogP contribution in [0.3, 0.4) is 0 Å². The summed E-state index contributed by atoms with van der Waals surface area (Å²) in [6.45, 7) is 7.19. The van der Waals surface area contributed by atoms with Gasteiger partial charge in [-0.1, -0.05) is 0 Å². The molecule has 1 aromatic heterocycles. The predicted molar refractivity (Wildman–Crippen MR) is 112 cm³/mol. The summed E-state index contributed by atoms with van der Waals surface area (Å²) in [6.07, 6.45) is 1.33. The highest BCUT2D eigenvalue weighted by molar-refractivity contribution is 5.63. The summed E-state index contributed by atoms with van der Waals surface area (Å²) in [4.78, 5) is 24.8. The summed E-state index contributed by atoms with van der Waals surface area (Å²) in [5.41, 5.74) is 4.01. The molecule has 1 aromatic carbocycles. The molecule has 1 aliphatic heterocycles. The first kappa shape index (κ1) is 20.2. The molecular formula is C21H29N5O2. The van der Waals surface area contributed by atoms with Crippen LogP contribution >= 0.6 is 0 Å². The van der Waals surface area contributed by atoms with Crippen molar-refractivity contribution >= 4 is 17.8 Å². The Kier molecular flexibility index (Phi) is 6.95. The summed E-state index contributed by atoms with van der Waals surface area (Å²) >= 11 is 0. The van der Waals surface area contributed by atoms with Crippen LogP contribution in [0.5, 0.6) is 0 Å². The minimum atomic E-state index is 0.428. The molecule has 2 heterocycles. The maximum atomic E-state index is 10.6. The Morgan fingerprint density at radius 2 is 1.86 bits per heavy atom. The summed E-state index contributed by atoms with van der Waals surface area (Å²) in [7, 11) is 3.81. The molecule has 0 spiro atoms. The molecule has 0 radical (unpaired) electrons. The lowest BCUT2D eigenvalue weighted by molar-refractivity contribution is -0.107. The topological polar surface area (TPSA) is 70.6 Å². The maximum Gasteiger partial charge on any atom is 0.161 e. The molecule has 1 fully saturated rings. The number of benzene rings is 1. The van der Waals surface area contributed by atoms with Crippen molar-refractivity contribution in [1.29, 1.82) is 0 Å². The fourth-order valence-corrected chi connectivity index (χ4v) is 3.32. The molecule has 7 nitrogen and oxygen atoms in total. The van der Waals surface area contributed by atoms with Gasteiger partial charge >= 0.3 is 0 Å². The van der Waals surface area contributed by atoms with Crippen LogP contribution in [-0.2, 0) is 16.1 Å². The van der Waals surface area contributed by atoms with E-state index in [-0.39, 0.29) is 0 Å². The van der Waals surface area contributed by atoms with Crippen LogP contribution in [0.2, 0.25) is 0 Å². The van der Waals surface area contributed by atoms with Gasteiger partial charge in [-0.15, -0.1) is 0 Å². The van der Waals surface area contributed by atoms with Crippen LogP contribution in [0.25, 0.3) is 11.4 Å². The van der Waals surface area contributed by atoms with E-state index in [0.29, 0.717) is 25.4 Å². The smallest absolute Gasteiger partial charge is 0.161 e. The number of methoxy groups -OCH3 is 1. The number of piperazine rings is 1. The zero-order chi connectivity index (χ0) is 19.9. The Balaban J connectivity index is 1.82. The second kappa shape index (κ2) is 9.61. The first-order valence-electron chi connectivity index (χ1n) is 9.70. The number of nitrogens with one attached hydrogen (secondary N) is 1. The lowest BCUT2D eigenvalue weighted by atomic mass is 10.1. The Morgan fingerprint density at radius 3 is 2.50 bits per heavy atom. The number of ether oxygens (including phenoxy) is 1. The molecule has 0 atom stereocenters. The zero-order valence-electron chi connectivity index (χ0n) is 16.9. The third kappa shape index (κ3) is 4.85. The monoisotopic (exact) mass is 383 g/mol. The van der Waals surface area contributed by atoms with Crippen LogP contribution in [0.4, 0.5) is 11.5 Å². The lowest BCUT2D eigenvalue weighted by Crippen LogP contribution is -2.44. The normalized spacial score (nSPS) is 14.9. The Bertz CT molecular complexity index is 786. The summed E-state index contributed by atoms with van der Waals surface area (Å²) < 4.78 is 5.29. The van der Waals surface area contributed by atoms with E-state index in [9.17, 15) is 4.79 Å². The highest BCUT2D eigenvalue weighted by atomic mass is 16.5. The van der Waals surface area contributed by atoms with Gasteiger partial charge in [-0.25, -0.2) is 9.97 Å². The van der Waals surface area contributed by atoms with Gasteiger partial charge in [-0.2, -0.15) is 0 Å². The van der Waals surface area contributed by atoms with E-state index >= 15 is 0 Å². The van der Waals surface area contributed by atoms with Crippen molar-refractivity contribution in [3.63, 3.8) is 0 Å². The highest BCUT2D eigenvalue weighted by Gasteiger charge is 2.16. The van der Waals surface area contributed by atoms with Crippen molar-refractivity contribution in [2.24, 2.45) is 0 Å². The Labute approximate surface area is 166 Å². The van der Waals surface area contributed by atoms with Gasteiger partial charge in [-0.3, -0.25) is 0 Å².